The third-order valence-corrected chi connectivity index (χ3v) is 12.4. The second kappa shape index (κ2) is 11.0. The number of hydrogen-bond acceptors (Lipinski definition) is 2. The van der Waals surface area contributed by atoms with Crippen LogP contribution in [0.15, 0.2) is 160 Å². The molecule has 0 unspecified atom stereocenters. The molecule has 8 aromatic carbocycles. The predicted molar refractivity (Wildman–Crippen MR) is 234 cm³/mol. The van der Waals surface area contributed by atoms with Crippen LogP contribution in [0.4, 0.5) is 0 Å². The molecule has 13 rings (SSSR count). The van der Waals surface area contributed by atoms with Crippen LogP contribution < -0.4 is 0 Å². The fraction of sp³-hybridized carbons (Fsp3) is 0.0769. The molecule has 5 aromatic heterocycles. The molecular formula is C52H34N2O2. The van der Waals surface area contributed by atoms with Crippen molar-refractivity contribution in [2.24, 2.45) is 0 Å². The number of benzene rings is 8. The predicted octanol–water partition coefficient (Wildman–Crippen LogP) is 14.7. The minimum Gasteiger partial charge on any atom is -0.456 e. The fourth-order valence-electron chi connectivity index (χ4n) is 10.0. The van der Waals surface area contributed by atoms with Crippen LogP contribution >= 0.6 is 0 Å². The summed E-state index contributed by atoms with van der Waals surface area (Å²) in [4.78, 5) is 0. The minimum absolute atomic E-state index is 0.893. The zero-order valence-corrected chi connectivity index (χ0v) is 30.8. The van der Waals surface area contributed by atoms with Crippen molar-refractivity contribution in [3.63, 3.8) is 0 Å². The van der Waals surface area contributed by atoms with Gasteiger partial charge in [-0.05, 0) is 90.7 Å². The zero-order valence-electron chi connectivity index (χ0n) is 30.8. The smallest absolute Gasteiger partial charge is 0.143 e. The Kier molecular flexibility index (Phi) is 5.96. The van der Waals surface area contributed by atoms with Gasteiger partial charge in [-0.1, -0.05) is 98.3 Å². The number of aryl methyl sites for hydroxylation is 1. The number of aromatic nitrogens is 2. The highest BCUT2D eigenvalue weighted by atomic mass is 16.3. The van der Waals surface area contributed by atoms with E-state index in [1.54, 1.807) is 0 Å². The molecule has 0 amide bonds. The summed E-state index contributed by atoms with van der Waals surface area (Å²) in [5.74, 6) is 0. The topological polar surface area (TPSA) is 35.6 Å². The molecular weight excluding hydrogens is 685 g/mol. The Bertz CT molecular complexity index is 3760. The molecule has 0 radical (unpaired) electrons. The average Bonchev–Trinajstić information content (AvgIpc) is 4.05. The normalized spacial score (nSPS) is 12.6. The maximum Gasteiger partial charge on any atom is 0.143 e. The van der Waals surface area contributed by atoms with Crippen molar-refractivity contribution in [1.29, 1.82) is 0 Å². The molecule has 0 spiro atoms. The molecule has 0 bridgehead atoms. The zero-order chi connectivity index (χ0) is 36.6. The quantitative estimate of drug-likeness (QED) is 0.178. The molecule has 0 aliphatic heterocycles. The number of fused-ring (bicyclic) bond motifs is 16. The molecule has 13 aromatic rings. The summed E-state index contributed by atoms with van der Waals surface area (Å²) in [6.07, 6.45) is 3.45. The third kappa shape index (κ3) is 3.88. The SMILES string of the molecule is CCCCc1ccc2oc3c(-c4cc5c6ccccc6n6c7ccc8c(c9ccccc9n8-c8cccc9oc%10ccccc%10c89)c7c(c4)c56)cccc3c2c1. The van der Waals surface area contributed by atoms with Crippen LogP contribution in [-0.2, 0) is 6.42 Å². The van der Waals surface area contributed by atoms with Gasteiger partial charge in [0.1, 0.15) is 22.3 Å². The number of unbranched alkanes of at least 4 members (excludes halogenated alkanes) is 1. The summed E-state index contributed by atoms with van der Waals surface area (Å²) in [5.41, 5.74) is 14.5. The second-order valence-corrected chi connectivity index (χ2v) is 15.4. The van der Waals surface area contributed by atoms with Gasteiger partial charge in [0, 0.05) is 54.0 Å². The van der Waals surface area contributed by atoms with Gasteiger partial charge in [0.25, 0.3) is 0 Å². The van der Waals surface area contributed by atoms with Crippen LogP contribution in [0.2, 0.25) is 0 Å². The largest absolute Gasteiger partial charge is 0.456 e. The van der Waals surface area contributed by atoms with E-state index < -0.39 is 0 Å². The van der Waals surface area contributed by atoms with Crippen LogP contribution in [0.25, 0.3) is 121 Å². The number of furan rings is 2. The maximum atomic E-state index is 6.76. The van der Waals surface area contributed by atoms with Crippen molar-refractivity contribution >= 4 is 104 Å². The number of hydrogen-bond donors (Lipinski definition) is 0. The molecule has 5 heterocycles. The Morgan fingerprint density at radius 2 is 1.18 bits per heavy atom. The van der Waals surface area contributed by atoms with Crippen molar-refractivity contribution in [1.82, 2.24) is 8.97 Å². The van der Waals surface area contributed by atoms with Crippen molar-refractivity contribution < 1.29 is 8.83 Å². The molecule has 0 saturated heterocycles. The first kappa shape index (κ1) is 30.3. The van der Waals surface area contributed by atoms with E-state index in [1.807, 2.05) is 6.07 Å². The van der Waals surface area contributed by atoms with Gasteiger partial charge in [-0.3, -0.25) is 0 Å². The van der Waals surface area contributed by atoms with Gasteiger partial charge in [0.15, 0.2) is 0 Å². The molecule has 0 aliphatic carbocycles. The first-order valence-corrected chi connectivity index (χ1v) is 19.7. The van der Waals surface area contributed by atoms with E-state index in [2.05, 4.69) is 161 Å². The summed E-state index contributed by atoms with van der Waals surface area (Å²) in [6, 6.07) is 55.4. The molecule has 4 nitrogen and oxygen atoms in total. The van der Waals surface area contributed by atoms with Crippen molar-refractivity contribution in [3.8, 4) is 16.8 Å². The lowest BCUT2D eigenvalue weighted by Crippen LogP contribution is -1.94. The van der Waals surface area contributed by atoms with Gasteiger partial charge in [0.2, 0.25) is 0 Å². The Balaban J connectivity index is 1.16. The standard InChI is InChI=1S/C52H34N2O2/c1-2-3-12-30-23-26-46-37(27-30)34-17-10-16-32(52(34)56-46)31-28-38-33-13-4-7-18-40(33)54-44-25-24-43-49(50(44)39(29-31)51(38)54)35-14-5-8-19-41(35)53(43)42-20-11-22-47-48(42)36-15-6-9-21-45(36)55-47/h4-11,13-29H,2-3,12H2,1H3. The van der Waals surface area contributed by atoms with E-state index in [0.717, 1.165) is 56.3 Å². The summed E-state index contributed by atoms with van der Waals surface area (Å²) in [6.45, 7) is 2.25. The lowest BCUT2D eigenvalue weighted by Gasteiger charge is -2.10. The number of para-hydroxylation sites is 4. The van der Waals surface area contributed by atoms with Crippen molar-refractivity contribution in [2.75, 3.05) is 0 Å². The maximum absolute atomic E-state index is 6.76. The van der Waals surface area contributed by atoms with Crippen LogP contribution in [0, 0.1) is 0 Å². The molecule has 0 saturated carbocycles. The molecule has 0 N–H and O–H groups in total. The van der Waals surface area contributed by atoms with Gasteiger partial charge in [-0.15, -0.1) is 0 Å². The van der Waals surface area contributed by atoms with Crippen LogP contribution in [0.3, 0.4) is 0 Å². The lowest BCUT2D eigenvalue weighted by atomic mass is 9.96. The first-order valence-electron chi connectivity index (χ1n) is 19.7. The molecule has 0 aliphatic rings. The van der Waals surface area contributed by atoms with E-state index in [0.29, 0.717) is 0 Å². The van der Waals surface area contributed by atoms with Gasteiger partial charge < -0.3 is 17.8 Å². The van der Waals surface area contributed by atoms with Crippen molar-refractivity contribution in [2.45, 2.75) is 26.2 Å². The molecule has 264 valence electrons. The van der Waals surface area contributed by atoms with Gasteiger partial charge in [-0.25, -0.2) is 0 Å². The highest BCUT2D eigenvalue weighted by molar-refractivity contribution is 6.34. The van der Waals surface area contributed by atoms with Gasteiger partial charge in [0.05, 0.1) is 38.7 Å². The minimum atomic E-state index is 0.893. The number of rotatable bonds is 5. The van der Waals surface area contributed by atoms with E-state index in [4.69, 9.17) is 8.83 Å². The Hall–Kier alpha value is -7.04. The van der Waals surface area contributed by atoms with Crippen LogP contribution in [0.5, 0.6) is 0 Å². The Labute approximate surface area is 320 Å². The Morgan fingerprint density at radius 1 is 0.464 bits per heavy atom. The molecule has 4 heteroatoms. The third-order valence-electron chi connectivity index (χ3n) is 12.4. The highest BCUT2D eigenvalue weighted by Crippen LogP contribution is 2.48. The van der Waals surface area contributed by atoms with Crippen molar-refractivity contribution in [3.05, 3.63) is 157 Å². The van der Waals surface area contributed by atoms with Crippen LogP contribution in [-0.4, -0.2) is 8.97 Å². The lowest BCUT2D eigenvalue weighted by molar-refractivity contribution is 0.668. The second-order valence-electron chi connectivity index (χ2n) is 15.4. The van der Waals surface area contributed by atoms with Crippen LogP contribution in [0.1, 0.15) is 25.3 Å². The first-order chi connectivity index (χ1) is 27.7. The molecule has 0 fully saturated rings. The average molecular weight is 719 g/mol. The summed E-state index contributed by atoms with van der Waals surface area (Å²) >= 11 is 0. The van der Waals surface area contributed by atoms with Gasteiger partial charge in [-0.2, -0.15) is 0 Å². The highest BCUT2D eigenvalue weighted by Gasteiger charge is 2.25. The summed E-state index contributed by atoms with van der Waals surface area (Å²) in [5, 5.41) is 12.1. The molecule has 56 heavy (non-hydrogen) atoms. The van der Waals surface area contributed by atoms with E-state index >= 15 is 0 Å². The Morgan fingerprint density at radius 3 is 2.09 bits per heavy atom. The molecule has 0 atom stereocenters. The number of nitrogens with zero attached hydrogens (tertiary/aromatic N) is 2. The van der Waals surface area contributed by atoms with Gasteiger partial charge >= 0.3 is 0 Å². The van der Waals surface area contributed by atoms with E-state index in [9.17, 15) is 0 Å². The monoisotopic (exact) mass is 718 g/mol. The van der Waals surface area contributed by atoms with E-state index in [-0.39, 0.29) is 0 Å². The summed E-state index contributed by atoms with van der Waals surface area (Å²) in [7, 11) is 0. The van der Waals surface area contributed by atoms with E-state index in [1.165, 1.54) is 89.1 Å². The summed E-state index contributed by atoms with van der Waals surface area (Å²) < 4.78 is 18.1. The fourth-order valence-corrected chi connectivity index (χ4v) is 10.0.